The Balaban J connectivity index is 2.89. The Hall–Kier alpha value is -0.730. The lowest BCUT2D eigenvalue weighted by Gasteiger charge is -2.23. The summed E-state index contributed by atoms with van der Waals surface area (Å²) in [6, 6.07) is 4.61. The fourth-order valence-electron chi connectivity index (χ4n) is 2.31. The molecule has 1 rings (SSSR count). The molecule has 0 aliphatic carbocycles. The molecule has 0 saturated carbocycles. The third kappa shape index (κ3) is 5.88. The van der Waals surface area contributed by atoms with Crippen LogP contribution in [0.1, 0.15) is 64.5 Å². The molecule has 1 aromatic carbocycles. The van der Waals surface area contributed by atoms with Gasteiger partial charge in [0.1, 0.15) is 11.9 Å². The normalized spacial score (nSPS) is 13.0. The van der Waals surface area contributed by atoms with Crippen LogP contribution >= 0.6 is 11.6 Å². The van der Waals surface area contributed by atoms with E-state index in [9.17, 15) is 0 Å². The number of rotatable bonds is 8. The molecule has 1 aromatic rings. The van der Waals surface area contributed by atoms with Crippen molar-refractivity contribution >= 4 is 11.6 Å². The van der Waals surface area contributed by atoms with Gasteiger partial charge in [-0.1, -0.05) is 52.6 Å². The molecule has 0 amide bonds. The van der Waals surface area contributed by atoms with Gasteiger partial charge in [0.15, 0.2) is 0 Å². The van der Waals surface area contributed by atoms with Crippen LogP contribution in [-0.2, 0) is 0 Å². The first-order valence-electron chi connectivity index (χ1n) is 8.05. The zero-order chi connectivity index (χ0) is 16.0. The predicted molar refractivity (Wildman–Crippen MR) is 92.7 cm³/mol. The Bertz CT molecular complexity index is 443. The van der Waals surface area contributed by atoms with E-state index in [1.807, 2.05) is 6.07 Å². The standard InChI is InChI=1S/C18H30ClNO/c1-7-8-15(11-20-13(4)5)21-18-10-16(12(2)3)17(19)9-14(18)6/h9-10,12-13,15,20H,7-8,11H2,1-6H3. The maximum atomic E-state index is 6.33. The topological polar surface area (TPSA) is 21.3 Å². The summed E-state index contributed by atoms with van der Waals surface area (Å²) in [4.78, 5) is 0. The van der Waals surface area contributed by atoms with Crippen molar-refractivity contribution in [3.8, 4) is 5.75 Å². The van der Waals surface area contributed by atoms with E-state index in [4.69, 9.17) is 16.3 Å². The maximum absolute atomic E-state index is 6.33. The van der Waals surface area contributed by atoms with Crippen molar-refractivity contribution in [3.63, 3.8) is 0 Å². The molecular weight excluding hydrogens is 282 g/mol. The minimum atomic E-state index is 0.206. The average Bonchev–Trinajstić information content (AvgIpc) is 2.38. The van der Waals surface area contributed by atoms with E-state index in [2.05, 4.69) is 52.9 Å². The average molecular weight is 312 g/mol. The van der Waals surface area contributed by atoms with Crippen molar-refractivity contribution in [1.82, 2.24) is 5.32 Å². The Morgan fingerprint density at radius 2 is 1.86 bits per heavy atom. The Morgan fingerprint density at radius 3 is 2.38 bits per heavy atom. The van der Waals surface area contributed by atoms with E-state index in [1.54, 1.807) is 0 Å². The number of nitrogens with one attached hydrogen (secondary N) is 1. The van der Waals surface area contributed by atoms with Gasteiger partial charge in [-0.25, -0.2) is 0 Å². The lowest BCUT2D eigenvalue weighted by molar-refractivity contribution is 0.182. The Labute approximate surface area is 135 Å². The van der Waals surface area contributed by atoms with Crippen LogP contribution in [0.25, 0.3) is 0 Å². The quantitative estimate of drug-likeness (QED) is 0.701. The molecule has 0 aliphatic rings. The fourth-order valence-corrected chi connectivity index (χ4v) is 2.75. The summed E-state index contributed by atoms with van der Waals surface area (Å²) < 4.78 is 6.26. The number of benzene rings is 1. The van der Waals surface area contributed by atoms with Crippen LogP contribution in [0, 0.1) is 6.92 Å². The van der Waals surface area contributed by atoms with Crippen molar-refractivity contribution in [1.29, 1.82) is 0 Å². The molecule has 21 heavy (non-hydrogen) atoms. The van der Waals surface area contributed by atoms with Gasteiger partial charge in [-0.05, 0) is 42.5 Å². The highest BCUT2D eigenvalue weighted by Gasteiger charge is 2.15. The second kappa shape index (κ2) is 8.65. The summed E-state index contributed by atoms with van der Waals surface area (Å²) >= 11 is 6.33. The lowest BCUT2D eigenvalue weighted by atomic mass is 10.0. The maximum Gasteiger partial charge on any atom is 0.123 e. The van der Waals surface area contributed by atoms with Crippen LogP contribution in [0.2, 0.25) is 5.02 Å². The Morgan fingerprint density at radius 1 is 1.19 bits per heavy atom. The number of hydrogen-bond donors (Lipinski definition) is 1. The molecule has 1 N–H and O–H groups in total. The molecule has 2 nitrogen and oxygen atoms in total. The van der Waals surface area contributed by atoms with Crippen LogP contribution in [0.3, 0.4) is 0 Å². The number of aryl methyl sites for hydroxylation is 1. The van der Waals surface area contributed by atoms with Crippen molar-refractivity contribution in [2.45, 2.75) is 72.4 Å². The summed E-state index contributed by atoms with van der Waals surface area (Å²) in [5, 5.41) is 4.30. The van der Waals surface area contributed by atoms with Crippen molar-refractivity contribution in [2.75, 3.05) is 6.54 Å². The minimum absolute atomic E-state index is 0.206. The second-order valence-corrected chi connectivity index (χ2v) is 6.79. The van der Waals surface area contributed by atoms with Crippen molar-refractivity contribution in [3.05, 3.63) is 28.3 Å². The third-order valence-electron chi connectivity index (χ3n) is 3.57. The van der Waals surface area contributed by atoms with Gasteiger partial charge in [0.25, 0.3) is 0 Å². The van der Waals surface area contributed by atoms with Crippen molar-refractivity contribution in [2.24, 2.45) is 0 Å². The minimum Gasteiger partial charge on any atom is -0.489 e. The van der Waals surface area contributed by atoms with Crippen LogP contribution in [-0.4, -0.2) is 18.7 Å². The fraction of sp³-hybridized carbons (Fsp3) is 0.667. The largest absolute Gasteiger partial charge is 0.489 e. The van der Waals surface area contributed by atoms with Gasteiger partial charge < -0.3 is 10.1 Å². The summed E-state index contributed by atoms with van der Waals surface area (Å²) in [5.41, 5.74) is 2.26. The summed E-state index contributed by atoms with van der Waals surface area (Å²) in [6.45, 7) is 13.8. The zero-order valence-corrected chi connectivity index (χ0v) is 15.1. The highest BCUT2D eigenvalue weighted by atomic mass is 35.5. The number of halogens is 1. The van der Waals surface area contributed by atoms with Gasteiger partial charge >= 0.3 is 0 Å². The number of ether oxygens (including phenoxy) is 1. The van der Waals surface area contributed by atoms with Gasteiger partial charge in [0, 0.05) is 17.6 Å². The molecule has 0 heterocycles. The first-order valence-corrected chi connectivity index (χ1v) is 8.43. The van der Waals surface area contributed by atoms with Gasteiger partial charge in [0.05, 0.1) is 0 Å². The molecule has 1 atom stereocenters. The monoisotopic (exact) mass is 311 g/mol. The second-order valence-electron chi connectivity index (χ2n) is 6.39. The molecule has 0 saturated heterocycles. The summed E-state index contributed by atoms with van der Waals surface area (Å²) in [7, 11) is 0. The molecule has 120 valence electrons. The Kier molecular flexibility index (Phi) is 7.55. The molecular formula is C18H30ClNO. The molecule has 3 heteroatoms. The van der Waals surface area contributed by atoms with E-state index < -0.39 is 0 Å². The van der Waals surface area contributed by atoms with E-state index in [1.165, 1.54) is 0 Å². The molecule has 0 bridgehead atoms. The van der Waals surface area contributed by atoms with Gasteiger partial charge in [-0.3, -0.25) is 0 Å². The van der Waals surface area contributed by atoms with Crippen LogP contribution in [0.4, 0.5) is 0 Å². The lowest BCUT2D eigenvalue weighted by Crippen LogP contribution is -2.35. The first-order chi connectivity index (χ1) is 9.85. The van der Waals surface area contributed by atoms with Gasteiger partial charge in [-0.15, -0.1) is 0 Å². The summed E-state index contributed by atoms with van der Waals surface area (Å²) in [6.07, 6.45) is 2.38. The van der Waals surface area contributed by atoms with E-state index >= 15 is 0 Å². The van der Waals surface area contributed by atoms with Crippen LogP contribution < -0.4 is 10.1 Å². The van der Waals surface area contributed by atoms with Crippen molar-refractivity contribution < 1.29 is 4.74 Å². The van der Waals surface area contributed by atoms with E-state index in [0.717, 1.165) is 41.3 Å². The number of hydrogen-bond acceptors (Lipinski definition) is 2. The van der Waals surface area contributed by atoms with Gasteiger partial charge in [0.2, 0.25) is 0 Å². The van der Waals surface area contributed by atoms with Crippen LogP contribution in [0.5, 0.6) is 5.75 Å². The van der Waals surface area contributed by atoms with Crippen LogP contribution in [0.15, 0.2) is 12.1 Å². The molecule has 0 fully saturated rings. The first kappa shape index (κ1) is 18.3. The molecule has 0 radical (unpaired) electrons. The summed E-state index contributed by atoms with van der Waals surface area (Å²) in [5.74, 6) is 1.37. The third-order valence-corrected chi connectivity index (χ3v) is 3.90. The predicted octanol–water partition coefficient (Wildman–Crippen LogP) is 5.32. The highest BCUT2D eigenvalue weighted by molar-refractivity contribution is 6.31. The van der Waals surface area contributed by atoms with E-state index in [-0.39, 0.29) is 6.10 Å². The highest BCUT2D eigenvalue weighted by Crippen LogP contribution is 2.32. The smallest absolute Gasteiger partial charge is 0.123 e. The zero-order valence-electron chi connectivity index (χ0n) is 14.3. The molecule has 0 spiro atoms. The van der Waals surface area contributed by atoms with E-state index in [0.29, 0.717) is 12.0 Å². The molecule has 0 aromatic heterocycles. The SMILES string of the molecule is CCCC(CNC(C)C)Oc1cc(C(C)C)c(Cl)cc1C. The molecule has 0 aliphatic heterocycles. The molecule has 1 unspecified atom stereocenters. The van der Waals surface area contributed by atoms with Gasteiger partial charge in [-0.2, -0.15) is 0 Å².